The van der Waals surface area contributed by atoms with Gasteiger partial charge in [-0.2, -0.15) is 0 Å². The lowest BCUT2D eigenvalue weighted by Gasteiger charge is -2.00. The van der Waals surface area contributed by atoms with Crippen molar-refractivity contribution >= 4 is 28.9 Å². The van der Waals surface area contributed by atoms with E-state index in [2.05, 4.69) is 4.98 Å². The molecule has 0 unspecified atom stereocenters. The summed E-state index contributed by atoms with van der Waals surface area (Å²) < 4.78 is 5.21. The highest BCUT2D eigenvalue weighted by atomic mass is 32.1. The smallest absolute Gasteiger partial charge is 0.269 e. The van der Waals surface area contributed by atoms with Gasteiger partial charge in [-0.3, -0.25) is 14.9 Å². The second-order valence-corrected chi connectivity index (χ2v) is 6.17. The van der Waals surface area contributed by atoms with E-state index in [0.29, 0.717) is 11.3 Å². The van der Waals surface area contributed by atoms with Gasteiger partial charge >= 0.3 is 0 Å². The molecule has 0 radical (unpaired) electrons. The van der Waals surface area contributed by atoms with Crippen molar-refractivity contribution in [2.45, 2.75) is 0 Å². The predicted molar refractivity (Wildman–Crippen MR) is 101 cm³/mol. The number of nitro groups is 1. The van der Waals surface area contributed by atoms with E-state index < -0.39 is 4.92 Å². The monoisotopic (exact) mass is 366 g/mol. The second-order valence-electron chi connectivity index (χ2n) is 5.31. The first-order chi connectivity index (χ1) is 12.6. The number of allylic oxidation sites excluding steroid dienone is 1. The third-order valence-corrected chi connectivity index (χ3v) is 4.52. The third-order valence-electron chi connectivity index (χ3n) is 3.61. The van der Waals surface area contributed by atoms with E-state index in [-0.39, 0.29) is 11.5 Å². The lowest BCUT2D eigenvalue weighted by Crippen LogP contribution is -1.95. The van der Waals surface area contributed by atoms with Crippen molar-refractivity contribution in [1.82, 2.24) is 4.98 Å². The fraction of sp³-hybridized carbons (Fsp3) is 0.0526. The third kappa shape index (κ3) is 4.01. The van der Waals surface area contributed by atoms with Crippen LogP contribution in [-0.2, 0) is 0 Å². The molecule has 0 bridgehead atoms. The topological polar surface area (TPSA) is 82.3 Å². The van der Waals surface area contributed by atoms with Gasteiger partial charge in [0.25, 0.3) is 5.69 Å². The first-order valence-electron chi connectivity index (χ1n) is 7.63. The molecule has 0 fully saturated rings. The highest BCUT2D eigenvalue weighted by Gasteiger charge is 2.08. The number of carbonyl (C=O) groups is 1. The van der Waals surface area contributed by atoms with Gasteiger partial charge in [-0.1, -0.05) is 12.1 Å². The molecule has 0 amide bonds. The van der Waals surface area contributed by atoms with Crippen molar-refractivity contribution in [2.24, 2.45) is 0 Å². The largest absolute Gasteiger partial charge is 0.497 e. The van der Waals surface area contributed by atoms with Gasteiger partial charge in [-0.05, 0) is 36.4 Å². The Morgan fingerprint density at radius 3 is 2.69 bits per heavy atom. The van der Waals surface area contributed by atoms with Gasteiger partial charge < -0.3 is 4.74 Å². The number of ketones is 1. The van der Waals surface area contributed by atoms with Crippen LogP contribution in [0.25, 0.3) is 16.6 Å². The van der Waals surface area contributed by atoms with Gasteiger partial charge in [0.05, 0.1) is 17.7 Å². The van der Waals surface area contributed by atoms with Crippen molar-refractivity contribution in [3.05, 3.63) is 81.4 Å². The molecule has 3 aromatic rings. The first kappa shape index (κ1) is 17.5. The quantitative estimate of drug-likeness (QED) is 0.275. The van der Waals surface area contributed by atoms with E-state index in [4.69, 9.17) is 4.74 Å². The van der Waals surface area contributed by atoms with Crippen molar-refractivity contribution < 1.29 is 14.5 Å². The average molecular weight is 366 g/mol. The number of hydrogen-bond donors (Lipinski definition) is 0. The van der Waals surface area contributed by atoms with Crippen molar-refractivity contribution in [3.63, 3.8) is 0 Å². The summed E-state index contributed by atoms with van der Waals surface area (Å²) in [5, 5.41) is 13.3. The molecule has 0 saturated carbocycles. The molecule has 0 atom stereocenters. The van der Waals surface area contributed by atoms with E-state index >= 15 is 0 Å². The SMILES string of the molecule is COc1cccc(-c2nc(/C=C/C(=O)c3ccc([N+](=O)[O-])cc3)cs2)c1. The number of non-ortho nitro benzene ring substituents is 1. The van der Waals surface area contributed by atoms with Crippen LogP contribution in [-0.4, -0.2) is 22.8 Å². The highest BCUT2D eigenvalue weighted by molar-refractivity contribution is 7.13. The van der Waals surface area contributed by atoms with E-state index in [9.17, 15) is 14.9 Å². The predicted octanol–water partition coefficient (Wildman–Crippen LogP) is 4.62. The molecule has 26 heavy (non-hydrogen) atoms. The summed E-state index contributed by atoms with van der Waals surface area (Å²) in [6, 6.07) is 13.1. The average Bonchev–Trinajstić information content (AvgIpc) is 3.15. The fourth-order valence-electron chi connectivity index (χ4n) is 2.26. The second kappa shape index (κ2) is 7.71. The summed E-state index contributed by atoms with van der Waals surface area (Å²) in [5.74, 6) is 0.513. The molecule has 0 saturated heterocycles. The lowest BCUT2D eigenvalue weighted by molar-refractivity contribution is -0.384. The molecule has 1 heterocycles. The Labute approximate surface area is 153 Å². The minimum absolute atomic E-state index is 0.0482. The van der Waals surface area contributed by atoms with Gasteiger partial charge in [-0.25, -0.2) is 4.98 Å². The molecular formula is C19H14N2O4S. The summed E-state index contributed by atoms with van der Waals surface area (Å²) >= 11 is 1.47. The van der Waals surface area contributed by atoms with Gasteiger partial charge in [0.2, 0.25) is 0 Å². The Hall–Kier alpha value is -3.32. The summed E-state index contributed by atoms with van der Waals surface area (Å²) in [6.45, 7) is 0. The first-order valence-corrected chi connectivity index (χ1v) is 8.51. The Bertz CT molecular complexity index is 977. The summed E-state index contributed by atoms with van der Waals surface area (Å²) in [6.07, 6.45) is 3.04. The number of thiazole rings is 1. The van der Waals surface area contributed by atoms with Gasteiger partial charge in [0.1, 0.15) is 10.8 Å². The molecule has 0 spiro atoms. The number of benzene rings is 2. The Kier molecular flexibility index (Phi) is 5.19. The van der Waals surface area contributed by atoms with Crippen LogP contribution < -0.4 is 4.74 Å². The maximum Gasteiger partial charge on any atom is 0.269 e. The number of nitro benzene ring substituents is 1. The zero-order chi connectivity index (χ0) is 18.5. The highest BCUT2D eigenvalue weighted by Crippen LogP contribution is 2.27. The lowest BCUT2D eigenvalue weighted by atomic mass is 10.1. The molecule has 7 heteroatoms. The fourth-order valence-corrected chi connectivity index (χ4v) is 3.04. The maximum atomic E-state index is 12.2. The molecule has 0 aliphatic heterocycles. The van der Waals surface area contributed by atoms with Gasteiger partial charge in [-0.15, -0.1) is 11.3 Å². The van der Waals surface area contributed by atoms with E-state index in [1.807, 2.05) is 29.6 Å². The number of nitrogens with zero attached hydrogens (tertiary/aromatic N) is 2. The molecule has 130 valence electrons. The molecule has 1 aromatic heterocycles. The summed E-state index contributed by atoms with van der Waals surface area (Å²) in [7, 11) is 1.61. The van der Waals surface area contributed by atoms with Crippen molar-refractivity contribution in [2.75, 3.05) is 7.11 Å². The molecule has 6 nitrogen and oxygen atoms in total. The van der Waals surface area contributed by atoms with Crippen LogP contribution in [0.5, 0.6) is 5.75 Å². The molecule has 0 aliphatic rings. The summed E-state index contributed by atoms with van der Waals surface area (Å²) in [5.41, 5.74) is 1.95. The van der Waals surface area contributed by atoms with Crippen LogP contribution in [0, 0.1) is 10.1 Å². The van der Waals surface area contributed by atoms with Gasteiger partial charge in [0.15, 0.2) is 5.78 Å². The van der Waals surface area contributed by atoms with E-state index in [1.165, 1.54) is 41.7 Å². The number of carbonyl (C=O) groups excluding carboxylic acids is 1. The number of hydrogen-bond acceptors (Lipinski definition) is 6. The maximum absolute atomic E-state index is 12.2. The van der Waals surface area contributed by atoms with Crippen LogP contribution >= 0.6 is 11.3 Å². The van der Waals surface area contributed by atoms with Crippen LogP contribution in [0.15, 0.2) is 60.0 Å². The Morgan fingerprint density at radius 1 is 1.23 bits per heavy atom. The normalized spacial score (nSPS) is 10.8. The minimum Gasteiger partial charge on any atom is -0.497 e. The molecule has 2 aromatic carbocycles. The molecule has 3 rings (SSSR count). The zero-order valence-electron chi connectivity index (χ0n) is 13.8. The molecular weight excluding hydrogens is 352 g/mol. The standard InChI is InChI=1S/C19H14N2O4S/c1-25-17-4-2-3-14(11-17)19-20-15(12-26-19)7-10-18(22)13-5-8-16(9-6-13)21(23)24/h2-12H,1H3/b10-7+. The van der Waals surface area contributed by atoms with Crippen LogP contribution in [0.2, 0.25) is 0 Å². The number of aromatic nitrogens is 1. The minimum atomic E-state index is -0.501. The van der Waals surface area contributed by atoms with Crippen molar-refractivity contribution in [1.29, 1.82) is 0 Å². The van der Waals surface area contributed by atoms with Crippen molar-refractivity contribution in [3.8, 4) is 16.3 Å². The van der Waals surface area contributed by atoms with E-state index in [0.717, 1.165) is 16.3 Å². The number of rotatable bonds is 6. The van der Waals surface area contributed by atoms with Gasteiger partial charge in [0, 0.05) is 28.6 Å². The van der Waals surface area contributed by atoms with E-state index in [1.54, 1.807) is 13.2 Å². The molecule has 0 N–H and O–H groups in total. The van der Waals surface area contributed by atoms with Crippen LogP contribution in [0.4, 0.5) is 5.69 Å². The van der Waals surface area contributed by atoms with Crippen LogP contribution in [0.1, 0.15) is 16.1 Å². The summed E-state index contributed by atoms with van der Waals surface area (Å²) in [4.78, 5) is 26.8. The Balaban J connectivity index is 1.73. The molecule has 0 aliphatic carbocycles. The number of ether oxygens (including phenoxy) is 1. The Morgan fingerprint density at radius 2 is 2.00 bits per heavy atom. The van der Waals surface area contributed by atoms with Crippen LogP contribution in [0.3, 0.4) is 0 Å². The zero-order valence-corrected chi connectivity index (χ0v) is 14.6. The number of methoxy groups -OCH3 is 1.